The van der Waals surface area contributed by atoms with Crippen molar-refractivity contribution in [2.75, 3.05) is 19.6 Å². The fourth-order valence-corrected chi connectivity index (χ4v) is 4.06. The summed E-state index contributed by atoms with van der Waals surface area (Å²) in [5.41, 5.74) is 7.92. The van der Waals surface area contributed by atoms with Crippen molar-refractivity contribution >= 4 is 11.8 Å². The Morgan fingerprint density at radius 3 is 2.65 bits per heavy atom. The van der Waals surface area contributed by atoms with Crippen LogP contribution in [-0.4, -0.2) is 52.7 Å². The summed E-state index contributed by atoms with van der Waals surface area (Å²) < 4.78 is 5.26. The highest BCUT2D eigenvalue weighted by atomic mass is 16.5. The number of nitrogens with one attached hydrogen (secondary N) is 1. The second-order valence-corrected chi connectivity index (χ2v) is 8.72. The van der Waals surface area contributed by atoms with Gasteiger partial charge in [0.25, 0.3) is 5.91 Å². The van der Waals surface area contributed by atoms with E-state index in [0.717, 1.165) is 29.7 Å². The molecule has 31 heavy (non-hydrogen) atoms. The van der Waals surface area contributed by atoms with Gasteiger partial charge in [0.05, 0.1) is 5.92 Å². The SMILES string of the molecule is Cc1ccc(C[C@H](CN)C(=O)N2CCC(NC(=O)c3cc(C4CC4)on3)CC2)cc1O. The zero-order valence-electron chi connectivity index (χ0n) is 17.8. The Bertz CT molecular complexity index is 945. The molecule has 1 aromatic heterocycles. The van der Waals surface area contributed by atoms with Crippen LogP contribution in [0.15, 0.2) is 28.8 Å². The first-order valence-electron chi connectivity index (χ1n) is 11.0. The van der Waals surface area contributed by atoms with E-state index in [4.69, 9.17) is 10.3 Å². The molecule has 2 fully saturated rings. The largest absolute Gasteiger partial charge is 0.508 e. The number of hydrogen-bond donors (Lipinski definition) is 3. The van der Waals surface area contributed by atoms with Crippen molar-refractivity contribution in [1.82, 2.24) is 15.4 Å². The Morgan fingerprint density at radius 1 is 1.26 bits per heavy atom. The number of carbonyl (C=O) groups is 2. The van der Waals surface area contributed by atoms with Gasteiger partial charge < -0.3 is 25.6 Å². The van der Waals surface area contributed by atoms with Gasteiger partial charge in [-0.25, -0.2) is 0 Å². The highest BCUT2D eigenvalue weighted by Crippen LogP contribution is 2.40. The molecule has 2 amide bonds. The molecule has 1 aromatic carbocycles. The third kappa shape index (κ3) is 5.07. The molecule has 1 aliphatic heterocycles. The molecule has 1 saturated carbocycles. The van der Waals surface area contributed by atoms with E-state index in [1.165, 1.54) is 0 Å². The van der Waals surface area contributed by atoms with Gasteiger partial charge in [-0.15, -0.1) is 0 Å². The molecule has 8 nitrogen and oxygen atoms in total. The van der Waals surface area contributed by atoms with Gasteiger partial charge in [0.15, 0.2) is 5.69 Å². The molecule has 4 rings (SSSR count). The van der Waals surface area contributed by atoms with E-state index in [-0.39, 0.29) is 36.1 Å². The third-order valence-corrected chi connectivity index (χ3v) is 6.27. The number of aromatic hydroxyl groups is 1. The summed E-state index contributed by atoms with van der Waals surface area (Å²) in [7, 11) is 0. The van der Waals surface area contributed by atoms with Crippen LogP contribution in [0.5, 0.6) is 5.75 Å². The number of aryl methyl sites for hydroxylation is 1. The molecule has 166 valence electrons. The maximum absolute atomic E-state index is 13.0. The maximum atomic E-state index is 13.0. The quantitative estimate of drug-likeness (QED) is 0.623. The first-order chi connectivity index (χ1) is 14.9. The lowest BCUT2D eigenvalue weighted by Crippen LogP contribution is -2.49. The smallest absolute Gasteiger partial charge is 0.273 e. The van der Waals surface area contributed by atoms with Crippen molar-refractivity contribution in [3.05, 3.63) is 46.8 Å². The lowest BCUT2D eigenvalue weighted by molar-refractivity contribution is -0.136. The standard InChI is InChI=1S/C23H30N4O4/c1-14-2-3-15(11-20(14)28)10-17(13-24)23(30)27-8-6-18(7-9-27)25-22(29)19-12-21(31-26-19)16-4-5-16/h2-3,11-12,16-18,28H,4-10,13,24H2,1H3,(H,25,29)/t17-/m1/s1. The van der Waals surface area contributed by atoms with Crippen LogP contribution in [0.1, 0.15) is 59.0 Å². The predicted octanol–water partition coefficient (Wildman–Crippen LogP) is 2.10. The van der Waals surface area contributed by atoms with Crippen LogP contribution >= 0.6 is 0 Å². The second-order valence-electron chi connectivity index (χ2n) is 8.72. The lowest BCUT2D eigenvalue weighted by atomic mass is 9.95. The summed E-state index contributed by atoms with van der Waals surface area (Å²) >= 11 is 0. The van der Waals surface area contributed by atoms with Crippen molar-refractivity contribution in [3.63, 3.8) is 0 Å². The van der Waals surface area contributed by atoms with Crippen LogP contribution in [0.2, 0.25) is 0 Å². The molecule has 0 spiro atoms. The molecular weight excluding hydrogens is 396 g/mol. The average Bonchev–Trinajstić information content (AvgIpc) is 3.50. The van der Waals surface area contributed by atoms with E-state index in [2.05, 4.69) is 10.5 Å². The van der Waals surface area contributed by atoms with E-state index >= 15 is 0 Å². The van der Waals surface area contributed by atoms with Crippen LogP contribution in [0, 0.1) is 12.8 Å². The molecule has 2 aromatic rings. The number of phenolic OH excluding ortho intramolecular Hbond substituents is 1. The number of nitrogens with zero attached hydrogens (tertiary/aromatic N) is 2. The molecule has 0 radical (unpaired) electrons. The summed E-state index contributed by atoms with van der Waals surface area (Å²) in [6.45, 7) is 3.24. The van der Waals surface area contributed by atoms with E-state index in [1.807, 2.05) is 24.0 Å². The normalized spacial score (nSPS) is 18.1. The molecule has 4 N–H and O–H groups in total. The fraction of sp³-hybridized carbons (Fsp3) is 0.522. The zero-order chi connectivity index (χ0) is 22.0. The zero-order valence-corrected chi connectivity index (χ0v) is 17.8. The van der Waals surface area contributed by atoms with Crippen LogP contribution < -0.4 is 11.1 Å². The predicted molar refractivity (Wildman–Crippen MR) is 115 cm³/mol. The maximum Gasteiger partial charge on any atom is 0.273 e. The number of aromatic nitrogens is 1. The summed E-state index contributed by atoms with van der Waals surface area (Å²) in [5, 5.41) is 16.8. The van der Waals surface area contributed by atoms with Gasteiger partial charge >= 0.3 is 0 Å². The number of piperidine rings is 1. The highest BCUT2D eigenvalue weighted by molar-refractivity contribution is 5.92. The Balaban J connectivity index is 1.27. The topological polar surface area (TPSA) is 122 Å². The van der Waals surface area contributed by atoms with Crippen molar-refractivity contribution in [1.29, 1.82) is 0 Å². The summed E-state index contributed by atoms with van der Waals surface area (Å²) in [6, 6.07) is 7.21. The van der Waals surface area contributed by atoms with Gasteiger partial charge in [-0.2, -0.15) is 0 Å². The molecule has 1 saturated heterocycles. The molecule has 2 heterocycles. The molecule has 0 unspecified atom stereocenters. The minimum Gasteiger partial charge on any atom is -0.508 e. The van der Waals surface area contributed by atoms with E-state index in [1.54, 1.807) is 12.1 Å². The van der Waals surface area contributed by atoms with Crippen LogP contribution in [0.4, 0.5) is 0 Å². The Kier molecular flexibility index (Phi) is 6.27. The van der Waals surface area contributed by atoms with E-state index < -0.39 is 0 Å². The monoisotopic (exact) mass is 426 g/mol. The minimum absolute atomic E-state index is 0.00278. The van der Waals surface area contributed by atoms with Crippen LogP contribution in [-0.2, 0) is 11.2 Å². The van der Waals surface area contributed by atoms with Crippen molar-refractivity contribution < 1.29 is 19.2 Å². The van der Waals surface area contributed by atoms with Gasteiger partial charge in [-0.05, 0) is 56.2 Å². The minimum atomic E-state index is -0.329. The first-order valence-corrected chi connectivity index (χ1v) is 11.0. The van der Waals surface area contributed by atoms with E-state index in [0.29, 0.717) is 44.0 Å². The summed E-state index contributed by atoms with van der Waals surface area (Å²) in [6.07, 6.45) is 4.06. The Hall–Kier alpha value is -2.87. The third-order valence-electron chi connectivity index (χ3n) is 6.27. The average molecular weight is 427 g/mol. The number of carbonyl (C=O) groups excluding carboxylic acids is 2. The van der Waals surface area contributed by atoms with Gasteiger partial charge in [-0.3, -0.25) is 9.59 Å². The van der Waals surface area contributed by atoms with E-state index in [9.17, 15) is 14.7 Å². The molecule has 1 atom stereocenters. The second kappa shape index (κ2) is 9.09. The number of nitrogens with two attached hydrogens (primary N) is 1. The van der Waals surface area contributed by atoms with Crippen LogP contribution in [0.25, 0.3) is 0 Å². The van der Waals surface area contributed by atoms with Gasteiger partial charge in [0, 0.05) is 37.7 Å². The van der Waals surface area contributed by atoms with Crippen molar-refractivity contribution in [2.24, 2.45) is 11.7 Å². The first kappa shape index (κ1) is 21.4. The number of amides is 2. The summed E-state index contributed by atoms with van der Waals surface area (Å²) in [5.74, 6) is 0.915. The number of benzene rings is 1. The Morgan fingerprint density at radius 2 is 2.00 bits per heavy atom. The number of rotatable bonds is 7. The van der Waals surface area contributed by atoms with Gasteiger partial charge in [0.1, 0.15) is 11.5 Å². The molecular formula is C23H30N4O4. The van der Waals surface area contributed by atoms with Gasteiger partial charge in [-0.1, -0.05) is 17.3 Å². The highest BCUT2D eigenvalue weighted by Gasteiger charge is 2.31. The van der Waals surface area contributed by atoms with Gasteiger partial charge in [0.2, 0.25) is 5.91 Å². The lowest BCUT2D eigenvalue weighted by Gasteiger charge is -2.34. The van der Waals surface area contributed by atoms with Crippen molar-refractivity contribution in [3.8, 4) is 5.75 Å². The molecule has 8 heteroatoms. The van der Waals surface area contributed by atoms with Crippen molar-refractivity contribution in [2.45, 2.75) is 51.0 Å². The molecule has 2 aliphatic rings. The molecule has 1 aliphatic carbocycles. The fourth-order valence-electron chi connectivity index (χ4n) is 4.06. The van der Waals surface area contributed by atoms with Crippen LogP contribution in [0.3, 0.4) is 0 Å². The summed E-state index contributed by atoms with van der Waals surface area (Å²) in [4.78, 5) is 27.3. The molecule has 0 bridgehead atoms. The Labute approximate surface area is 181 Å². The number of hydrogen-bond acceptors (Lipinski definition) is 6. The number of phenols is 1. The number of likely N-dealkylation sites (tertiary alicyclic amines) is 1.